The standard InChI is InChI=1S/C45H79O10P/c1-3-5-7-9-11-13-15-17-19-21-23-25-27-29-31-33-35-37-45(49)55-43(39-47)41-53-56(50,51)52-40-42(38-46)54-44(48)36-34-32-30-28-26-24-22-20-18-16-14-12-10-8-6-4-2/h5,7,11,13,17,19-20,22-23,25,42-43,46-47H,3-4,6,8-10,12,14-16,18,21,24,26-41H2,1-2H3,(H,50,51)/b7-5-,13-11-,19-17-,22-20-,25-23-. The van der Waals surface area contributed by atoms with Gasteiger partial charge >= 0.3 is 19.8 Å². The van der Waals surface area contributed by atoms with E-state index in [0.717, 1.165) is 89.9 Å². The molecule has 324 valence electrons. The van der Waals surface area contributed by atoms with Crippen molar-refractivity contribution in [3.05, 3.63) is 60.8 Å². The minimum Gasteiger partial charge on any atom is -0.457 e. The topological polar surface area (TPSA) is 149 Å². The Kier molecular flexibility index (Phi) is 39.2. The third-order valence-electron chi connectivity index (χ3n) is 8.96. The van der Waals surface area contributed by atoms with E-state index in [1.165, 1.54) is 44.9 Å². The summed E-state index contributed by atoms with van der Waals surface area (Å²) in [6.45, 7) is 2.05. The third-order valence-corrected chi connectivity index (χ3v) is 9.91. The number of hydrogen-bond acceptors (Lipinski definition) is 9. The molecule has 0 spiro atoms. The predicted molar refractivity (Wildman–Crippen MR) is 228 cm³/mol. The second kappa shape index (κ2) is 40.9. The summed E-state index contributed by atoms with van der Waals surface area (Å²) in [6.07, 6.45) is 44.7. The first-order valence-electron chi connectivity index (χ1n) is 21.7. The number of carbonyl (C=O) groups is 2. The Bertz CT molecular complexity index is 1120. The van der Waals surface area contributed by atoms with E-state index in [0.29, 0.717) is 12.8 Å². The van der Waals surface area contributed by atoms with Crippen molar-refractivity contribution in [1.82, 2.24) is 0 Å². The van der Waals surface area contributed by atoms with E-state index in [1.807, 2.05) is 0 Å². The smallest absolute Gasteiger partial charge is 0.457 e. The van der Waals surface area contributed by atoms with Crippen molar-refractivity contribution < 1.29 is 47.8 Å². The average Bonchev–Trinajstić information content (AvgIpc) is 3.19. The van der Waals surface area contributed by atoms with Gasteiger partial charge < -0.3 is 24.6 Å². The summed E-state index contributed by atoms with van der Waals surface area (Å²) in [5.74, 6) is -1.05. The quantitative estimate of drug-likeness (QED) is 0.0236. The van der Waals surface area contributed by atoms with Crippen LogP contribution in [0.25, 0.3) is 0 Å². The van der Waals surface area contributed by atoms with Gasteiger partial charge in [0, 0.05) is 12.8 Å². The molecular formula is C45H79O10P. The van der Waals surface area contributed by atoms with Crippen LogP contribution in [0.15, 0.2) is 60.8 Å². The Morgan fingerprint density at radius 1 is 0.500 bits per heavy atom. The van der Waals surface area contributed by atoms with E-state index >= 15 is 0 Å². The average molecular weight is 811 g/mol. The Hall–Kier alpha value is -2.33. The number of hydrogen-bond donors (Lipinski definition) is 3. The molecule has 0 rings (SSSR count). The molecule has 0 aliphatic carbocycles. The number of esters is 2. The number of aliphatic hydroxyl groups excluding tert-OH is 2. The SMILES string of the molecule is CC/C=C\C/C=C\C/C=C\C/C=C\CCCCCCC(=O)OC(CO)COP(=O)(O)OCC(CO)OC(=O)CCCCCCC/C=C\CCCCCCCCC. The summed E-state index contributed by atoms with van der Waals surface area (Å²) in [7, 11) is -4.65. The first-order valence-corrected chi connectivity index (χ1v) is 23.2. The monoisotopic (exact) mass is 811 g/mol. The molecule has 0 aromatic heterocycles. The van der Waals surface area contributed by atoms with Crippen molar-refractivity contribution in [3.63, 3.8) is 0 Å². The molecule has 0 aliphatic heterocycles. The zero-order chi connectivity index (χ0) is 41.2. The highest BCUT2D eigenvalue weighted by molar-refractivity contribution is 7.47. The molecule has 3 N–H and O–H groups in total. The highest BCUT2D eigenvalue weighted by Crippen LogP contribution is 2.43. The molecule has 0 aromatic rings. The van der Waals surface area contributed by atoms with Crippen LogP contribution in [0.3, 0.4) is 0 Å². The zero-order valence-electron chi connectivity index (χ0n) is 35.1. The fraction of sp³-hybridized carbons (Fsp3) is 0.733. The first-order chi connectivity index (χ1) is 27.3. The Balaban J connectivity index is 3.98. The van der Waals surface area contributed by atoms with Crippen molar-refractivity contribution in [2.45, 2.75) is 187 Å². The number of carbonyl (C=O) groups excluding carboxylic acids is 2. The number of phosphoric ester groups is 1. The van der Waals surface area contributed by atoms with Gasteiger partial charge in [-0.2, -0.15) is 0 Å². The molecule has 0 aliphatic rings. The van der Waals surface area contributed by atoms with Gasteiger partial charge in [0.25, 0.3) is 0 Å². The van der Waals surface area contributed by atoms with Gasteiger partial charge in [-0.15, -0.1) is 0 Å². The molecule has 56 heavy (non-hydrogen) atoms. The van der Waals surface area contributed by atoms with Gasteiger partial charge in [-0.1, -0.05) is 145 Å². The summed E-state index contributed by atoms with van der Waals surface area (Å²) in [4.78, 5) is 34.5. The van der Waals surface area contributed by atoms with Crippen molar-refractivity contribution in [1.29, 1.82) is 0 Å². The molecule has 0 amide bonds. The van der Waals surface area contributed by atoms with Crippen LogP contribution in [0, 0.1) is 0 Å². The van der Waals surface area contributed by atoms with Crippen LogP contribution >= 0.6 is 7.82 Å². The number of allylic oxidation sites excluding steroid dienone is 10. The Labute approximate surface area is 340 Å². The molecule has 0 radical (unpaired) electrons. The van der Waals surface area contributed by atoms with Gasteiger partial charge in [-0.3, -0.25) is 18.6 Å². The summed E-state index contributed by atoms with van der Waals surface area (Å²) in [5.41, 5.74) is 0. The van der Waals surface area contributed by atoms with Crippen LogP contribution in [0.4, 0.5) is 0 Å². The molecule has 3 unspecified atom stereocenters. The minimum atomic E-state index is -4.65. The fourth-order valence-corrected chi connectivity index (χ4v) is 6.41. The minimum absolute atomic E-state index is 0.161. The lowest BCUT2D eigenvalue weighted by Crippen LogP contribution is -2.28. The highest BCUT2D eigenvalue weighted by Gasteiger charge is 2.27. The Morgan fingerprint density at radius 2 is 0.839 bits per heavy atom. The van der Waals surface area contributed by atoms with Crippen molar-refractivity contribution in [2.75, 3.05) is 26.4 Å². The van der Waals surface area contributed by atoms with Crippen LogP contribution in [0.1, 0.15) is 174 Å². The molecule has 0 saturated heterocycles. The summed E-state index contributed by atoms with van der Waals surface area (Å²) in [6, 6.07) is 0. The molecule has 10 nitrogen and oxygen atoms in total. The van der Waals surface area contributed by atoms with Gasteiger partial charge in [-0.25, -0.2) is 4.57 Å². The zero-order valence-corrected chi connectivity index (χ0v) is 36.0. The predicted octanol–water partition coefficient (Wildman–Crippen LogP) is 11.5. The fourth-order valence-electron chi connectivity index (χ4n) is 5.63. The lowest BCUT2D eigenvalue weighted by molar-refractivity contribution is -0.153. The highest BCUT2D eigenvalue weighted by atomic mass is 31.2. The molecule has 0 aromatic carbocycles. The summed E-state index contributed by atoms with van der Waals surface area (Å²) < 4.78 is 32.5. The number of unbranched alkanes of at least 4 members (excludes halogenated alkanes) is 16. The Morgan fingerprint density at radius 3 is 1.23 bits per heavy atom. The third kappa shape index (κ3) is 38.5. The molecule has 0 bridgehead atoms. The molecular weight excluding hydrogens is 731 g/mol. The number of rotatable bonds is 40. The summed E-state index contributed by atoms with van der Waals surface area (Å²) >= 11 is 0. The van der Waals surface area contributed by atoms with E-state index < -0.39 is 58.4 Å². The van der Waals surface area contributed by atoms with Gasteiger partial charge in [0.1, 0.15) is 12.2 Å². The van der Waals surface area contributed by atoms with Gasteiger partial charge in [-0.05, 0) is 77.0 Å². The van der Waals surface area contributed by atoms with Crippen LogP contribution in [0.2, 0.25) is 0 Å². The molecule has 0 saturated carbocycles. The molecule has 0 heterocycles. The number of ether oxygens (including phenoxy) is 2. The first kappa shape index (κ1) is 53.7. The largest absolute Gasteiger partial charge is 0.472 e. The van der Waals surface area contributed by atoms with Gasteiger partial charge in [0.15, 0.2) is 0 Å². The van der Waals surface area contributed by atoms with Crippen molar-refractivity contribution >= 4 is 19.8 Å². The maximum absolute atomic E-state index is 12.4. The summed E-state index contributed by atoms with van der Waals surface area (Å²) in [5, 5.41) is 19.2. The van der Waals surface area contributed by atoms with E-state index in [-0.39, 0.29) is 12.8 Å². The van der Waals surface area contributed by atoms with E-state index in [9.17, 15) is 29.3 Å². The normalized spacial score (nSPS) is 14.4. The van der Waals surface area contributed by atoms with Crippen LogP contribution in [0.5, 0.6) is 0 Å². The lowest BCUT2D eigenvalue weighted by atomic mass is 10.1. The van der Waals surface area contributed by atoms with Gasteiger partial charge in [0.2, 0.25) is 0 Å². The van der Waals surface area contributed by atoms with Gasteiger partial charge in [0.05, 0.1) is 26.4 Å². The lowest BCUT2D eigenvalue weighted by Gasteiger charge is -2.20. The van der Waals surface area contributed by atoms with E-state index in [1.54, 1.807) is 0 Å². The second-order valence-corrected chi connectivity index (χ2v) is 15.7. The van der Waals surface area contributed by atoms with E-state index in [2.05, 4.69) is 74.6 Å². The van der Waals surface area contributed by atoms with Crippen LogP contribution in [-0.2, 0) is 32.7 Å². The molecule has 0 fully saturated rings. The number of aliphatic hydroxyl groups is 2. The molecule has 3 atom stereocenters. The van der Waals surface area contributed by atoms with Crippen LogP contribution in [-0.4, -0.2) is 65.7 Å². The molecule has 11 heteroatoms. The number of phosphoric acid groups is 1. The maximum Gasteiger partial charge on any atom is 0.472 e. The van der Waals surface area contributed by atoms with Crippen molar-refractivity contribution in [2.24, 2.45) is 0 Å². The van der Waals surface area contributed by atoms with Crippen LogP contribution < -0.4 is 0 Å². The maximum atomic E-state index is 12.4. The van der Waals surface area contributed by atoms with Crippen molar-refractivity contribution in [3.8, 4) is 0 Å². The second-order valence-electron chi connectivity index (χ2n) is 14.3. The van der Waals surface area contributed by atoms with E-state index in [4.69, 9.17) is 18.5 Å².